The Balaban J connectivity index is 1.82. The van der Waals surface area contributed by atoms with Crippen LogP contribution in [0.5, 0.6) is 11.5 Å². The molecule has 0 N–H and O–H groups in total. The maximum absolute atomic E-state index is 5.84. The molecule has 0 aliphatic rings. The SMILES string of the molecule is [c]1c(Oc2ccccc2)ccc2c1ccc1ccccc12. The zero-order valence-electron chi connectivity index (χ0n) is 11.4. The maximum atomic E-state index is 5.84. The minimum absolute atomic E-state index is 0.740. The number of ether oxygens (including phenoxy) is 1. The molecule has 0 amide bonds. The molecule has 0 saturated heterocycles. The topological polar surface area (TPSA) is 9.23 Å². The summed E-state index contributed by atoms with van der Waals surface area (Å²) in [6.45, 7) is 0. The Labute approximate surface area is 123 Å². The van der Waals surface area contributed by atoms with Gasteiger partial charge in [-0.2, -0.15) is 0 Å². The molecule has 21 heavy (non-hydrogen) atoms. The van der Waals surface area contributed by atoms with Crippen molar-refractivity contribution in [2.24, 2.45) is 0 Å². The Morgan fingerprint density at radius 2 is 1.43 bits per heavy atom. The highest BCUT2D eigenvalue weighted by Gasteiger charge is 2.03. The lowest BCUT2D eigenvalue weighted by molar-refractivity contribution is 0.482. The first-order chi connectivity index (χ1) is 10.4. The zero-order valence-corrected chi connectivity index (χ0v) is 11.4. The van der Waals surface area contributed by atoms with Gasteiger partial charge in [0.05, 0.1) is 0 Å². The molecule has 4 aromatic carbocycles. The van der Waals surface area contributed by atoms with Gasteiger partial charge >= 0.3 is 0 Å². The fourth-order valence-corrected chi connectivity index (χ4v) is 2.59. The third-order valence-corrected chi connectivity index (χ3v) is 3.60. The Bertz CT molecular complexity index is 910. The van der Waals surface area contributed by atoms with Gasteiger partial charge in [0, 0.05) is 6.07 Å². The molecule has 4 aromatic rings. The van der Waals surface area contributed by atoms with Crippen LogP contribution in [0.2, 0.25) is 0 Å². The molecule has 0 saturated carbocycles. The van der Waals surface area contributed by atoms with Crippen molar-refractivity contribution in [3.63, 3.8) is 0 Å². The maximum Gasteiger partial charge on any atom is 0.136 e. The summed E-state index contributed by atoms with van der Waals surface area (Å²) in [5.74, 6) is 1.57. The monoisotopic (exact) mass is 269 g/mol. The molecule has 0 aliphatic carbocycles. The summed E-state index contributed by atoms with van der Waals surface area (Å²) in [6, 6.07) is 29.8. The average Bonchev–Trinajstić information content (AvgIpc) is 2.55. The second-order valence-corrected chi connectivity index (χ2v) is 4.99. The zero-order chi connectivity index (χ0) is 14.1. The molecule has 0 unspecified atom stereocenters. The summed E-state index contributed by atoms with van der Waals surface area (Å²) < 4.78 is 5.84. The predicted octanol–water partition coefficient (Wildman–Crippen LogP) is 5.59. The molecule has 0 heterocycles. The van der Waals surface area contributed by atoms with Crippen molar-refractivity contribution in [2.75, 3.05) is 0 Å². The standard InChI is InChI=1S/C20H13O/c1-2-7-17(8-3-1)21-18-12-13-20-16(14-18)11-10-15-6-4-5-9-19(15)20/h1-13H. The molecule has 0 atom stereocenters. The van der Waals surface area contributed by atoms with Gasteiger partial charge in [0.2, 0.25) is 0 Å². The van der Waals surface area contributed by atoms with Crippen LogP contribution in [0.1, 0.15) is 0 Å². The van der Waals surface area contributed by atoms with Crippen LogP contribution in [0.3, 0.4) is 0 Å². The second kappa shape index (κ2) is 4.95. The Morgan fingerprint density at radius 3 is 2.33 bits per heavy atom. The molecule has 0 aliphatic heterocycles. The number of benzene rings is 4. The molecule has 99 valence electrons. The largest absolute Gasteiger partial charge is 0.457 e. The van der Waals surface area contributed by atoms with Crippen molar-refractivity contribution in [1.29, 1.82) is 0 Å². The highest BCUT2D eigenvalue weighted by Crippen LogP contribution is 2.29. The van der Waals surface area contributed by atoms with E-state index in [2.05, 4.69) is 48.5 Å². The van der Waals surface area contributed by atoms with E-state index in [1.165, 1.54) is 16.2 Å². The van der Waals surface area contributed by atoms with Crippen molar-refractivity contribution in [3.8, 4) is 11.5 Å². The van der Waals surface area contributed by atoms with Gasteiger partial charge in [0.25, 0.3) is 0 Å². The highest BCUT2D eigenvalue weighted by atomic mass is 16.5. The number of fused-ring (bicyclic) bond motifs is 3. The van der Waals surface area contributed by atoms with E-state index in [1.807, 2.05) is 36.4 Å². The van der Waals surface area contributed by atoms with Crippen molar-refractivity contribution >= 4 is 21.5 Å². The lowest BCUT2D eigenvalue weighted by atomic mass is 10.0. The quantitative estimate of drug-likeness (QED) is 0.431. The third-order valence-electron chi connectivity index (χ3n) is 3.60. The lowest BCUT2D eigenvalue weighted by Crippen LogP contribution is -1.85. The molecular weight excluding hydrogens is 256 g/mol. The summed E-state index contributed by atoms with van der Waals surface area (Å²) in [5, 5.41) is 4.77. The molecule has 0 spiro atoms. The van der Waals surface area contributed by atoms with Gasteiger partial charge < -0.3 is 4.74 Å². The van der Waals surface area contributed by atoms with Gasteiger partial charge in [0.15, 0.2) is 0 Å². The van der Waals surface area contributed by atoms with Crippen molar-refractivity contribution < 1.29 is 4.74 Å². The lowest BCUT2D eigenvalue weighted by Gasteiger charge is -2.08. The van der Waals surface area contributed by atoms with Gasteiger partial charge in [-0.15, -0.1) is 0 Å². The molecule has 1 radical (unpaired) electrons. The summed E-state index contributed by atoms with van der Waals surface area (Å²) in [4.78, 5) is 0. The van der Waals surface area contributed by atoms with Gasteiger partial charge in [-0.25, -0.2) is 0 Å². The Morgan fingerprint density at radius 1 is 0.619 bits per heavy atom. The third kappa shape index (κ3) is 2.23. The van der Waals surface area contributed by atoms with Crippen LogP contribution in [0.15, 0.2) is 78.9 Å². The average molecular weight is 269 g/mol. The summed E-state index contributed by atoms with van der Waals surface area (Å²) in [7, 11) is 0. The fraction of sp³-hybridized carbons (Fsp3) is 0. The van der Waals surface area contributed by atoms with Gasteiger partial charge in [0.1, 0.15) is 11.5 Å². The van der Waals surface area contributed by atoms with E-state index in [0.29, 0.717) is 0 Å². The van der Waals surface area contributed by atoms with Crippen LogP contribution in [-0.2, 0) is 0 Å². The van der Waals surface area contributed by atoms with E-state index in [-0.39, 0.29) is 0 Å². The second-order valence-electron chi connectivity index (χ2n) is 4.99. The Kier molecular flexibility index (Phi) is 2.82. The molecule has 0 fully saturated rings. The van der Waals surface area contributed by atoms with Crippen molar-refractivity contribution in [2.45, 2.75) is 0 Å². The van der Waals surface area contributed by atoms with E-state index in [1.54, 1.807) is 0 Å². The first kappa shape index (κ1) is 12.0. The van der Waals surface area contributed by atoms with Crippen molar-refractivity contribution in [3.05, 3.63) is 84.9 Å². The minimum atomic E-state index is 0.740. The number of rotatable bonds is 2. The van der Waals surface area contributed by atoms with Crippen LogP contribution in [0.25, 0.3) is 21.5 Å². The van der Waals surface area contributed by atoms with E-state index >= 15 is 0 Å². The van der Waals surface area contributed by atoms with Gasteiger partial charge in [-0.3, -0.25) is 0 Å². The van der Waals surface area contributed by atoms with Gasteiger partial charge in [-0.1, -0.05) is 60.7 Å². The molecular formula is C20H13O. The van der Waals surface area contributed by atoms with Crippen LogP contribution < -0.4 is 4.74 Å². The first-order valence-corrected chi connectivity index (χ1v) is 6.97. The van der Waals surface area contributed by atoms with Crippen molar-refractivity contribution in [1.82, 2.24) is 0 Å². The first-order valence-electron chi connectivity index (χ1n) is 6.97. The minimum Gasteiger partial charge on any atom is -0.457 e. The van der Waals surface area contributed by atoms with Crippen LogP contribution in [0.4, 0.5) is 0 Å². The van der Waals surface area contributed by atoms with Gasteiger partial charge in [-0.05, 0) is 39.7 Å². The van der Waals surface area contributed by atoms with Crippen LogP contribution in [-0.4, -0.2) is 0 Å². The summed E-state index contributed by atoms with van der Waals surface area (Å²) in [5.41, 5.74) is 0. The highest BCUT2D eigenvalue weighted by molar-refractivity contribution is 6.07. The number of hydrogen-bond donors (Lipinski definition) is 0. The molecule has 1 heteroatoms. The molecule has 4 rings (SSSR count). The van der Waals surface area contributed by atoms with E-state index < -0.39 is 0 Å². The van der Waals surface area contributed by atoms with Crippen LogP contribution in [0, 0.1) is 6.07 Å². The smallest absolute Gasteiger partial charge is 0.136 e. The molecule has 0 bridgehead atoms. The van der Waals surface area contributed by atoms with Crippen LogP contribution >= 0.6 is 0 Å². The number of para-hydroxylation sites is 1. The summed E-state index contributed by atoms with van der Waals surface area (Å²) >= 11 is 0. The molecule has 1 nitrogen and oxygen atoms in total. The van der Waals surface area contributed by atoms with E-state index in [0.717, 1.165) is 16.9 Å². The normalized spacial score (nSPS) is 10.9. The van der Waals surface area contributed by atoms with E-state index in [4.69, 9.17) is 4.74 Å². The summed E-state index contributed by atoms with van der Waals surface area (Å²) in [6.07, 6.45) is 0. The predicted molar refractivity (Wildman–Crippen MR) is 86.8 cm³/mol. The Hall–Kier alpha value is -2.80. The van der Waals surface area contributed by atoms with E-state index in [9.17, 15) is 0 Å². The fourth-order valence-electron chi connectivity index (χ4n) is 2.59. The number of hydrogen-bond acceptors (Lipinski definition) is 1. The molecule has 0 aromatic heterocycles.